The predicted octanol–water partition coefficient (Wildman–Crippen LogP) is 2.88. The first-order valence-electron chi connectivity index (χ1n) is 9.75. The van der Waals surface area contributed by atoms with Gasteiger partial charge in [-0.05, 0) is 49.8 Å². The molecule has 0 aliphatic carbocycles. The molecule has 144 valence electrons. The van der Waals surface area contributed by atoms with E-state index in [1.165, 1.54) is 16.7 Å². The second kappa shape index (κ2) is 8.98. The summed E-state index contributed by atoms with van der Waals surface area (Å²) in [7, 11) is 1.63. The molecule has 1 aromatic carbocycles. The third-order valence-corrected chi connectivity index (χ3v) is 5.81. The van der Waals surface area contributed by atoms with Crippen molar-refractivity contribution in [3.8, 4) is 0 Å². The van der Waals surface area contributed by atoms with Crippen molar-refractivity contribution >= 4 is 5.91 Å². The molecule has 2 saturated heterocycles. The second-order valence-corrected chi connectivity index (χ2v) is 7.70. The van der Waals surface area contributed by atoms with Crippen LogP contribution >= 0.6 is 0 Å². The van der Waals surface area contributed by atoms with E-state index in [-0.39, 0.29) is 6.04 Å². The first kappa shape index (κ1) is 19.3. The Balaban J connectivity index is 1.52. The van der Waals surface area contributed by atoms with Crippen LogP contribution in [0.2, 0.25) is 0 Å². The third-order valence-electron chi connectivity index (χ3n) is 5.81. The number of aryl methyl sites for hydroxylation is 2. The molecule has 0 saturated carbocycles. The van der Waals surface area contributed by atoms with Crippen LogP contribution in [0.3, 0.4) is 0 Å². The molecule has 2 fully saturated rings. The van der Waals surface area contributed by atoms with Gasteiger partial charge in [0.2, 0.25) is 5.91 Å². The largest absolute Gasteiger partial charge is 0.359 e. The van der Waals surface area contributed by atoms with Crippen LogP contribution in [0.25, 0.3) is 0 Å². The first-order valence-corrected chi connectivity index (χ1v) is 9.75. The van der Waals surface area contributed by atoms with Crippen molar-refractivity contribution in [2.45, 2.75) is 58.2 Å². The van der Waals surface area contributed by atoms with E-state index in [1.54, 1.807) is 7.11 Å². The lowest BCUT2D eigenvalue weighted by Crippen LogP contribution is -2.49. The molecule has 0 radical (unpaired) electrons. The molecule has 1 aromatic rings. The topological polar surface area (TPSA) is 42.0 Å². The van der Waals surface area contributed by atoms with Crippen LogP contribution in [-0.4, -0.2) is 61.4 Å². The van der Waals surface area contributed by atoms with Crippen molar-refractivity contribution in [2.75, 3.05) is 33.6 Å². The van der Waals surface area contributed by atoms with E-state index in [0.717, 1.165) is 38.9 Å². The minimum absolute atomic E-state index is 0.217. The Hall–Kier alpha value is -1.43. The number of nitrogens with zero attached hydrogens (tertiary/aromatic N) is 2. The van der Waals surface area contributed by atoms with Crippen LogP contribution in [0.5, 0.6) is 0 Å². The molecule has 2 heterocycles. The standard InChI is InChI=1S/C21H32N2O3/c1-16-4-5-18(12-17(16)2)13-22-10-8-19(9-11-22)23-20(6-7-21(23)24)14-26-15-25-3/h4-5,12,19-20H,6-11,13-15H2,1-3H3/t20-/m1/s1. The number of carbonyl (C=O) groups excluding carboxylic acids is 1. The van der Waals surface area contributed by atoms with Crippen LogP contribution in [0.15, 0.2) is 18.2 Å². The van der Waals surface area contributed by atoms with E-state index in [1.807, 2.05) is 0 Å². The maximum atomic E-state index is 12.4. The minimum Gasteiger partial charge on any atom is -0.359 e. The van der Waals surface area contributed by atoms with Crippen LogP contribution in [-0.2, 0) is 20.8 Å². The normalized spacial score (nSPS) is 22.3. The number of hydrogen-bond acceptors (Lipinski definition) is 4. The van der Waals surface area contributed by atoms with Gasteiger partial charge in [0, 0.05) is 39.2 Å². The fourth-order valence-electron chi connectivity index (χ4n) is 4.21. The highest BCUT2D eigenvalue weighted by Crippen LogP contribution is 2.28. The summed E-state index contributed by atoms with van der Waals surface area (Å²) in [5.74, 6) is 0.295. The average Bonchev–Trinajstić information content (AvgIpc) is 3.00. The quantitative estimate of drug-likeness (QED) is 0.554. The van der Waals surface area contributed by atoms with Crippen molar-refractivity contribution in [2.24, 2.45) is 0 Å². The predicted molar refractivity (Wildman–Crippen MR) is 102 cm³/mol. The number of ether oxygens (including phenoxy) is 2. The van der Waals surface area contributed by atoms with E-state index in [4.69, 9.17) is 9.47 Å². The molecule has 1 atom stereocenters. The van der Waals surface area contributed by atoms with E-state index >= 15 is 0 Å². The lowest BCUT2D eigenvalue weighted by molar-refractivity contribution is -0.134. The summed E-state index contributed by atoms with van der Waals surface area (Å²) in [6.45, 7) is 8.32. The fourth-order valence-corrected chi connectivity index (χ4v) is 4.21. The summed E-state index contributed by atoms with van der Waals surface area (Å²) in [6, 6.07) is 7.33. The molecule has 3 rings (SSSR count). The summed E-state index contributed by atoms with van der Waals surface area (Å²) in [5, 5.41) is 0. The van der Waals surface area contributed by atoms with E-state index < -0.39 is 0 Å². The monoisotopic (exact) mass is 360 g/mol. The summed E-state index contributed by atoms with van der Waals surface area (Å²) in [4.78, 5) is 17.0. The maximum Gasteiger partial charge on any atom is 0.223 e. The molecule has 0 spiro atoms. The van der Waals surface area contributed by atoms with Gasteiger partial charge in [-0.15, -0.1) is 0 Å². The maximum absolute atomic E-state index is 12.4. The lowest BCUT2D eigenvalue weighted by Gasteiger charge is -2.39. The van der Waals surface area contributed by atoms with Gasteiger partial charge in [-0.2, -0.15) is 0 Å². The smallest absolute Gasteiger partial charge is 0.223 e. The van der Waals surface area contributed by atoms with E-state index in [9.17, 15) is 4.79 Å². The molecule has 2 aliphatic heterocycles. The highest BCUT2D eigenvalue weighted by molar-refractivity contribution is 5.79. The summed E-state index contributed by atoms with van der Waals surface area (Å²) in [5.41, 5.74) is 4.09. The molecule has 0 unspecified atom stereocenters. The van der Waals surface area contributed by atoms with Crippen LogP contribution in [0.4, 0.5) is 0 Å². The zero-order valence-electron chi connectivity index (χ0n) is 16.4. The summed E-state index contributed by atoms with van der Waals surface area (Å²) in [6.07, 6.45) is 3.67. The second-order valence-electron chi connectivity index (χ2n) is 7.70. The highest BCUT2D eigenvalue weighted by Gasteiger charge is 2.37. The average molecular weight is 360 g/mol. The minimum atomic E-state index is 0.217. The summed E-state index contributed by atoms with van der Waals surface area (Å²) >= 11 is 0. The van der Waals surface area contributed by atoms with Crippen LogP contribution in [0, 0.1) is 13.8 Å². The van der Waals surface area contributed by atoms with Gasteiger partial charge < -0.3 is 14.4 Å². The Morgan fingerprint density at radius 3 is 2.58 bits per heavy atom. The van der Waals surface area contributed by atoms with Gasteiger partial charge in [0.15, 0.2) is 0 Å². The van der Waals surface area contributed by atoms with Gasteiger partial charge in [0.25, 0.3) is 0 Å². The number of hydrogen-bond donors (Lipinski definition) is 0. The van der Waals surface area contributed by atoms with Crippen molar-refractivity contribution in [3.05, 3.63) is 34.9 Å². The number of carbonyl (C=O) groups is 1. The Labute approximate surface area is 157 Å². The Morgan fingerprint density at radius 2 is 1.88 bits per heavy atom. The van der Waals surface area contributed by atoms with Crippen molar-refractivity contribution in [1.29, 1.82) is 0 Å². The molecule has 0 bridgehead atoms. The zero-order valence-corrected chi connectivity index (χ0v) is 16.4. The Kier molecular flexibility index (Phi) is 6.68. The molecular weight excluding hydrogens is 328 g/mol. The zero-order chi connectivity index (χ0) is 18.5. The van der Waals surface area contributed by atoms with Gasteiger partial charge in [-0.25, -0.2) is 0 Å². The number of methoxy groups -OCH3 is 1. The third kappa shape index (κ3) is 4.64. The molecular formula is C21H32N2O3. The SMILES string of the molecule is COCOC[C@H]1CCC(=O)N1C1CCN(Cc2ccc(C)c(C)c2)CC1. The van der Waals surface area contributed by atoms with Gasteiger partial charge >= 0.3 is 0 Å². The van der Waals surface area contributed by atoms with E-state index in [0.29, 0.717) is 31.8 Å². The Bertz CT molecular complexity index is 611. The summed E-state index contributed by atoms with van der Waals surface area (Å²) < 4.78 is 10.5. The number of piperidine rings is 1. The molecule has 0 N–H and O–H groups in total. The van der Waals surface area contributed by atoms with Gasteiger partial charge in [0.05, 0.1) is 12.6 Å². The number of benzene rings is 1. The first-order chi connectivity index (χ1) is 12.6. The van der Waals surface area contributed by atoms with Gasteiger partial charge in [-0.1, -0.05) is 18.2 Å². The van der Waals surface area contributed by atoms with Crippen LogP contribution in [0.1, 0.15) is 42.4 Å². The van der Waals surface area contributed by atoms with Crippen molar-refractivity contribution in [3.63, 3.8) is 0 Å². The molecule has 0 aromatic heterocycles. The van der Waals surface area contributed by atoms with Crippen LogP contribution < -0.4 is 0 Å². The molecule has 2 aliphatic rings. The van der Waals surface area contributed by atoms with Gasteiger partial charge in [0.1, 0.15) is 6.79 Å². The molecule has 5 heteroatoms. The lowest BCUT2D eigenvalue weighted by atomic mass is 10.0. The van der Waals surface area contributed by atoms with E-state index in [2.05, 4.69) is 41.8 Å². The van der Waals surface area contributed by atoms with Crippen molar-refractivity contribution < 1.29 is 14.3 Å². The number of rotatable bonds is 7. The Morgan fingerprint density at radius 1 is 1.12 bits per heavy atom. The van der Waals surface area contributed by atoms with Gasteiger partial charge in [-0.3, -0.25) is 9.69 Å². The molecule has 26 heavy (non-hydrogen) atoms. The number of likely N-dealkylation sites (tertiary alicyclic amines) is 2. The molecule has 1 amide bonds. The van der Waals surface area contributed by atoms with Crippen molar-refractivity contribution in [1.82, 2.24) is 9.80 Å². The highest BCUT2D eigenvalue weighted by atomic mass is 16.7. The molecule has 5 nitrogen and oxygen atoms in total. The number of amides is 1. The fraction of sp³-hybridized carbons (Fsp3) is 0.667.